The largest absolute Gasteiger partial charge is 0.478 e. The van der Waals surface area contributed by atoms with Crippen molar-refractivity contribution in [3.8, 4) is 11.1 Å². The van der Waals surface area contributed by atoms with Crippen LogP contribution in [0.3, 0.4) is 0 Å². The Morgan fingerprint density at radius 1 is 1.10 bits per heavy atom. The van der Waals surface area contributed by atoms with E-state index in [0.717, 1.165) is 42.1 Å². The molecule has 1 aliphatic heterocycles. The maximum Gasteiger partial charge on any atom is 0.336 e. The van der Waals surface area contributed by atoms with E-state index in [1.54, 1.807) is 12.1 Å². The highest BCUT2D eigenvalue weighted by atomic mass is 16.5. The number of hydrogen-bond acceptors (Lipinski definition) is 4. The van der Waals surface area contributed by atoms with Gasteiger partial charge < -0.3 is 9.84 Å². The van der Waals surface area contributed by atoms with Gasteiger partial charge in [-0.2, -0.15) is 0 Å². The van der Waals surface area contributed by atoms with Crippen LogP contribution in [0.5, 0.6) is 0 Å². The van der Waals surface area contributed by atoms with Crippen LogP contribution in [-0.4, -0.2) is 40.7 Å². The van der Waals surface area contributed by atoms with E-state index in [4.69, 9.17) is 4.74 Å². The van der Waals surface area contributed by atoms with Gasteiger partial charge in [-0.25, -0.2) is 4.79 Å². The highest BCUT2D eigenvalue weighted by Gasteiger charge is 2.23. The quantitative estimate of drug-likeness (QED) is 0.705. The van der Waals surface area contributed by atoms with Crippen LogP contribution in [0.25, 0.3) is 11.1 Å². The van der Waals surface area contributed by atoms with Gasteiger partial charge in [-0.05, 0) is 41.8 Å². The zero-order valence-electron chi connectivity index (χ0n) is 16.4. The summed E-state index contributed by atoms with van der Waals surface area (Å²) in [5.74, 6) is -0.909. The predicted octanol–water partition coefficient (Wildman–Crippen LogP) is 4.33. The lowest BCUT2D eigenvalue weighted by molar-refractivity contribution is -0.0350. The van der Waals surface area contributed by atoms with Crippen molar-refractivity contribution in [2.24, 2.45) is 0 Å². The molecule has 1 fully saturated rings. The molecular weight excluding hydrogens is 364 g/mol. The zero-order valence-corrected chi connectivity index (χ0v) is 16.4. The van der Waals surface area contributed by atoms with Crippen molar-refractivity contribution in [3.63, 3.8) is 0 Å². The normalized spacial score (nSPS) is 17.2. The van der Waals surface area contributed by atoms with Crippen molar-refractivity contribution in [3.05, 3.63) is 89.2 Å². The van der Waals surface area contributed by atoms with Crippen LogP contribution in [0.15, 0.2) is 66.7 Å². The van der Waals surface area contributed by atoms with Gasteiger partial charge in [-0.15, -0.1) is 0 Å². The average molecular weight is 388 g/mol. The maximum atomic E-state index is 11.5. The number of nitrogens with zero attached hydrogens (tertiary/aromatic N) is 2. The summed E-state index contributed by atoms with van der Waals surface area (Å²) in [4.78, 5) is 18.4. The van der Waals surface area contributed by atoms with Gasteiger partial charge in [-0.1, -0.05) is 48.5 Å². The molecule has 148 valence electrons. The minimum atomic E-state index is -0.909. The Kier molecular flexibility index (Phi) is 5.69. The Morgan fingerprint density at radius 3 is 2.66 bits per heavy atom. The molecule has 3 aromatic rings. The number of aromatic nitrogens is 1. The number of aromatic carboxylic acids is 1. The molecule has 5 heteroatoms. The van der Waals surface area contributed by atoms with E-state index in [1.165, 1.54) is 5.56 Å². The fourth-order valence-corrected chi connectivity index (χ4v) is 3.74. The van der Waals surface area contributed by atoms with Crippen molar-refractivity contribution in [2.45, 2.75) is 19.6 Å². The molecule has 0 spiro atoms. The maximum absolute atomic E-state index is 11.5. The first-order valence-corrected chi connectivity index (χ1v) is 9.79. The summed E-state index contributed by atoms with van der Waals surface area (Å²) in [7, 11) is 0. The standard InChI is InChI=1S/C24H24N2O3/c1-17-5-4-8-22(25-17)23-16-26(13-14-29-23)15-18-9-11-19(12-10-18)20-6-2-3-7-21(20)24(27)28/h2-12,23H,13-16H2,1H3,(H,27,28)/t23-/m1/s1. The zero-order chi connectivity index (χ0) is 20.2. The molecular formula is C24H24N2O3. The highest BCUT2D eigenvalue weighted by Crippen LogP contribution is 2.26. The Hall–Kier alpha value is -3.02. The molecule has 0 aliphatic carbocycles. The third-order valence-electron chi connectivity index (χ3n) is 5.22. The molecule has 29 heavy (non-hydrogen) atoms. The first kappa shape index (κ1) is 19.3. The van der Waals surface area contributed by atoms with E-state index in [0.29, 0.717) is 12.2 Å². The summed E-state index contributed by atoms with van der Waals surface area (Å²) in [6.07, 6.45) is -0.00892. The summed E-state index contributed by atoms with van der Waals surface area (Å²) in [5.41, 5.74) is 5.15. The van der Waals surface area contributed by atoms with Crippen LogP contribution < -0.4 is 0 Å². The number of carbonyl (C=O) groups is 1. The van der Waals surface area contributed by atoms with Crippen LogP contribution in [-0.2, 0) is 11.3 Å². The van der Waals surface area contributed by atoms with Crippen LogP contribution in [0.1, 0.15) is 33.4 Å². The monoisotopic (exact) mass is 388 g/mol. The van der Waals surface area contributed by atoms with E-state index in [1.807, 2.05) is 49.4 Å². The molecule has 1 saturated heterocycles. The third kappa shape index (κ3) is 4.53. The second-order valence-electron chi connectivity index (χ2n) is 7.35. The molecule has 0 amide bonds. The van der Waals surface area contributed by atoms with Gasteiger partial charge in [0.15, 0.2) is 0 Å². The summed E-state index contributed by atoms with van der Waals surface area (Å²) in [6, 6.07) is 21.3. The number of aryl methyl sites for hydroxylation is 1. The van der Waals surface area contributed by atoms with E-state index in [2.05, 4.69) is 22.0 Å². The smallest absolute Gasteiger partial charge is 0.336 e. The van der Waals surface area contributed by atoms with Crippen molar-refractivity contribution in [1.82, 2.24) is 9.88 Å². The van der Waals surface area contributed by atoms with Crippen molar-refractivity contribution in [2.75, 3.05) is 19.7 Å². The Morgan fingerprint density at radius 2 is 1.90 bits per heavy atom. The molecule has 0 unspecified atom stereocenters. The SMILES string of the molecule is Cc1cccc([C@H]2CN(Cc3ccc(-c4ccccc4C(=O)O)cc3)CCO2)n1. The average Bonchev–Trinajstić information content (AvgIpc) is 2.74. The van der Waals surface area contributed by atoms with Crippen LogP contribution in [0, 0.1) is 6.92 Å². The number of benzene rings is 2. The number of pyridine rings is 1. The number of ether oxygens (including phenoxy) is 1. The molecule has 0 bridgehead atoms. The number of morpholine rings is 1. The molecule has 5 nitrogen and oxygen atoms in total. The van der Waals surface area contributed by atoms with Gasteiger partial charge in [0, 0.05) is 25.3 Å². The van der Waals surface area contributed by atoms with Gasteiger partial charge in [0.2, 0.25) is 0 Å². The van der Waals surface area contributed by atoms with Crippen LogP contribution in [0.4, 0.5) is 0 Å². The molecule has 1 aromatic heterocycles. The molecule has 1 aliphatic rings. The summed E-state index contributed by atoms with van der Waals surface area (Å²) < 4.78 is 5.94. The highest BCUT2D eigenvalue weighted by molar-refractivity contribution is 5.95. The van der Waals surface area contributed by atoms with E-state index >= 15 is 0 Å². The van der Waals surface area contributed by atoms with Crippen molar-refractivity contribution in [1.29, 1.82) is 0 Å². The fourth-order valence-electron chi connectivity index (χ4n) is 3.74. The van der Waals surface area contributed by atoms with Crippen molar-refractivity contribution >= 4 is 5.97 Å². The topological polar surface area (TPSA) is 62.7 Å². The van der Waals surface area contributed by atoms with E-state index in [-0.39, 0.29) is 6.10 Å². The fraction of sp³-hybridized carbons (Fsp3) is 0.250. The predicted molar refractivity (Wildman–Crippen MR) is 112 cm³/mol. The molecule has 1 N–H and O–H groups in total. The summed E-state index contributed by atoms with van der Waals surface area (Å²) in [5, 5.41) is 9.41. The molecule has 0 saturated carbocycles. The van der Waals surface area contributed by atoms with Crippen molar-refractivity contribution < 1.29 is 14.6 Å². The Labute approximate surface area is 170 Å². The third-order valence-corrected chi connectivity index (χ3v) is 5.22. The summed E-state index contributed by atoms with van der Waals surface area (Å²) >= 11 is 0. The van der Waals surface area contributed by atoms with Crippen LogP contribution in [0.2, 0.25) is 0 Å². The molecule has 2 heterocycles. The lowest BCUT2D eigenvalue weighted by atomic mass is 9.98. The Bertz CT molecular complexity index is 1000. The lowest BCUT2D eigenvalue weighted by Gasteiger charge is -2.32. The number of carboxylic acid groups (broad SMARTS) is 1. The number of rotatable bonds is 5. The first-order valence-electron chi connectivity index (χ1n) is 9.79. The number of hydrogen-bond donors (Lipinski definition) is 1. The minimum absolute atomic E-state index is 0.00892. The first-order chi connectivity index (χ1) is 14.1. The second kappa shape index (κ2) is 8.55. The number of carboxylic acids is 1. The molecule has 0 radical (unpaired) electrons. The van der Waals surface area contributed by atoms with Gasteiger partial charge in [0.25, 0.3) is 0 Å². The van der Waals surface area contributed by atoms with Gasteiger partial charge in [0.1, 0.15) is 6.10 Å². The van der Waals surface area contributed by atoms with Gasteiger partial charge in [0.05, 0.1) is 17.9 Å². The minimum Gasteiger partial charge on any atom is -0.478 e. The molecule has 4 rings (SSSR count). The lowest BCUT2D eigenvalue weighted by Crippen LogP contribution is -2.38. The van der Waals surface area contributed by atoms with E-state index < -0.39 is 5.97 Å². The van der Waals surface area contributed by atoms with Gasteiger partial charge in [-0.3, -0.25) is 9.88 Å². The summed E-state index contributed by atoms with van der Waals surface area (Å²) in [6.45, 7) is 5.19. The molecule has 2 aromatic carbocycles. The Balaban J connectivity index is 1.46. The van der Waals surface area contributed by atoms with Gasteiger partial charge >= 0.3 is 5.97 Å². The second-order valence-corrected chi connectivity index (χ2v) is 7.35. The molecule has 1 atom stereocenters. The van der Waals surface area contributed by atoms with Crippen LogP contribution >= 0.6 is 0 Å². The van der Waals surface area contributed by atoms with E-state index in [9.17, 15) is 9.90 Å².